The maximum absolute atomic E-state index is 12.5. The molecule has 0 saturated carbocycles. The number of aromatic nitrogens is 1. The lowest BCUT2D eigenvalue weighted by molar-refractivity contribution is -0.133. The Labute approximate surface area is 183 Å². The van der Waals surface area contributed by atoms with Crippen molar-refractivity contribution in [3.63, 3.8) is 0 Å². The average Bonchev–Trinajstić information content (AvgIpc) is 3.11. The zero-order chi connectivity index (χ0) is 20.5. The largest absolute Gasteiger partial charge is 0.482 e. The normalized spacial score (nSPS) is 14.5. The molecule has 0 radical (unpaired) electrons. The number of halogens is 2. The first-order chi connectivity index (χ1) is 13.9. The van der Waals surface area contributed by atoms with Crippen LogP contribution in [-0.4, -0.2) is 48.6 Å². The second kappa shape index (κ2) is 8.38. The van der Waals surface area contributed by atoms with E-state index in [2.05, 4.69) is 30.9 Å². The highest BCUT2D eigenvalue weighted by Crippen LogP contribution is 2.32. The number of thiazole rings is 1. The third kappa shape index (κ3) is 4.44. The Bertz CT molecular complexity index is 1060. The molecule has 1 fully saturated rings. The summed E-state index contributed by atoms with van der Waals surface area (Å²) >= 11 is 13.7. The van der Waals surface area contributed by atoms with Crippen LogP contribution in [0.2, 0.25) is 10.0 Å². The van der Waals surface area contributed by atoms with Crippen LogP contribution in [0.5, 0.6) is 5.75 Å². The van der Waals surface area contributed by atoms with Gasteiger partial charge in [-0.1, -0.05) is 40.6 Å². The van der Waals surface area contributed by atoms with Gasteiger partial charge >= 0.3 is 0 Å². The minimum absolute atomic E-state index is 0.0407. The second-order valence-corrected chi connectivity index (χ2v) is 9.01. The maximum Gasteiger partial charge on any atom is 0.260 e. The van der Waals surface area contributed by atoms with E-state index in [0.29, 0.717) is 28.9 Å². The van der Waals surface area contributed by atoms with Gasteiger partial charge in [-0.2, -0.15) is 0 Å². The number of ether oxygens (including phenoxy) is 1. The summed E-state index contributed by atoms with van der Waals surface area (Å²) in [6.45, 7) is 6.96. The van der Waals surface area contributed by atoms with Crippen LogP contribution in [0, 0.1) is 13.8 Å². The van der Waals surface area contributed by atoms with E-state index in [0.717, 1.165) is 23.7 Å². The Morgan fingerprint density at radius 1 is 1.14 bits per heavy atom. The summed E-state index contributed by atoms with van der Waals surface area (Å²) in [6, 6.07) is 9.31. The van der Waals surface area contributed by atoms with E-state index >= 15 is 0 Å². The summed E-state index contributed by atoms with van der Waals surface area (Å²) in [7, 11) is 0. The molecule has 4 rings (SSSR count). The first kappa shape index (κ1) is 20.3. The van der Waals surface area contributed by atoms with Crippen LogP contribution >= 0.6 is 34.5 Å². The highest BCUT2D eigenvalue weighted by Gasteiger charge is 2.24. The van der Waals surface area contributed by atoms with Gasteiger partial charge in [0.2, 0.25) is 0 Å². The number of carbonyl (C=O) groups is 1. The van der Waals surface area contributed by atoms with E-state index in [4.69, 9.17) is 32.9 Å². The molecule has 8 heteroatoms. The Hall–Kier alpha value is -2.02. The third-order valence-corrected chi connectivity index (χ3v) is 6.56. The molecule has 1 saturated heterocycles. The lowest BCUT2D eigenvalue weighted by atomic mass is 10.1. The van der Waals surface area contributed by atoms with E-state index in [9.17, 15) is 4.79 Å². The van der Waals surface area contributed by atoms with E-state index in [-0.39, 0.29) is 12.5 Å². The molecule has 2 heterocycles. The molecular formula is C21H21Cl2N3O2S. The number of hydrogen-bond donors (Lipinski definition) is 0. The smallest absolute Gasteiger partial charge is 0.260 e. The number of rotatable bonds is 4. The molecule has 1 aliphatic rings. The van der Waals surface area contributed by atoms with Crippen LogP contribution in [0.15, 0.2) is 30.3 Å². The van der Waals surface area contributed by atoms with E-state index in [1.54, 1.807) is 29.5 Å². The number of carbonyl (C=O) groups excluding carboxylic acids is 1. The van der Waals surface area contributed by atoms with E-state index in [1.165, 1.54) is 15.8 Å². The van der Waals surface area contributed by atoms with Crippen molar-refractivity contribution in [3.05, 3.63) is 51.5 Å². The molecule has 29 heavy (non-hydrogen) atoms. The minimum Gasteiger partial charge on any atom is -0.482 e. The van der Waals surface area contributed by atoms with Gasteiger partial charge in [0, 0.05) is 31.2 Å². The van der Waals surface area contributed by atoms with Gasteiger partial charge in [0.05, 0.1) is 15.2 Å². The quantitative estimate of drug-likeness (QED) is 0.565. The minimum atomic E-state index is -0.0496. The van der Waals surface area contributed by atoms with Gasteiger partial charge in [-0.25, -0.2) is 4.98 Å². The van der Waals surface area contributed by atoms with Crippen molar-refractivity contribution >= 4 is 55.8 Å². The average molecular weight is 450 g/mol. The van der Waals surface area contributed by atoms with Crippen molar-refractivity contribution in [2.45, 2.75) is 13.8 Å². The van der Waals surface area contributed by atoms with Crippen LogP contribution in [0.25, 0.3) is 10.2 Å². The van der Waals surface area contributed by atoms with Crippen molar-refractivity contribution in [3.8, 4) is 5.75 Å². The fraction of sp³-hybridized carbons (Fsp3) is 0.333. The van der Waals surface area contributed by atoms with Gasteiger partial charge in [0.25, 0.3) is 5.91 Å². The van der Waals surface area contributed by atoms with Crippen LogP contribution in [-0.2, 0) is 4.79 Å². The molecule has 152 valence electrons. The number of amides is 1. The van der Waals surface area contributed by atoms with Gasteiger partial charge in [-0.15, -0.1) is 0 Å². The van der Waals surface area contributed by atoms with Crippen molar-refractivity contribution in [2.24, 2.45) is 0 Å². The predicted molar refractivity (Wildman–Crippen MR) is 120 cm³/mol. The summed E-state index contributed by atoms with van der Waals surface area (Å²) in [6.07, 6.45) is 0. The fourth-order valence-electron chi connectivity index (χ4n) is 3.46. The second-order valence-electron chi connectivity index (χ2n) is 7.16. The van der Waals surface area contributed by atoms with Crippen LogP contribution in [0.3, 0.4) is 0 Å². The Morgan fingerprint density at radius 3 is 2.62 bits per heavy atom. The molecular weight excluding hydrogens is 429 g/mol. The SMILES string of the molecule is Cc1cc(C)c2nc(N3CCN(C(=O)COc4ccc(Cl)cc4Cl)CC3)sc2c1. The Morgan fingerprint density at radius 2 is 1.90 bits per heavy atom. The molecule has 0 N–H and O–H groups in total. The lowest BCUT2D eigenvalue weighted by Crippen LogP contribution is -2.50. The molecule has 3 aromatic rings. The molecule has 0 spiro atoms. The number of nitrogens with zero attached hydrogens (tertiary/aromatic N) is 3. The molecule has 0 unspecified atom stereocenters. The summed E-state index contributed by atoms with van der Waals surface area (Å²) < 4.78 is 6.79. The number of fused-ring (bicyclic) bond motifs is 1. The van der Waals surface area contributed by atoms with Gasteiger partial charge in [0.15, 0.2) is 11.7 Å². The van der Waals surface area contributed by atoms with Crippen molar-refractivity contribution in [2.75, 3.05) is 37.7 Å². The van der Waals surface area contributed by atoms with Crippen LogP contribution in [0.4, 0.5) is 5.13 Å². The highest BCUT2D eigenvalue weighted by atomic mass is 35.5. The number of aryl methyl sites for hydroxylation is 2. The van der Waals surface area contributed by atoms with Crippen molar-refractivity contribution in [1.29, 1.82) is 0 Å². The predicted octanol–water partition coefficient (Wildman–Crippen LogP) is 4.95. The van der Waals surface area contributed by atoms with Crippen molar-refractivity contribution < 1.29 is 9.53 Å². The standard InChI is InChI=1S/C21H21Cl2N3O2S/c1-13-9-14(2)20-18(10-13)29-21(24-20)26-7-5-25(6-8-26)19(27)12-28-17-4-3-15(22)11-16(17)23/h3-4,9-11H,5-8,12H2,1-2H3. The number of hydrogen-bond acceptors (Lipinski definition) is 5. The molecule has 1 amide bonds. The zero-order valence-corrected chi connectivity index (χ0v) is 18.6. The number of anilines is 1. The molecule has 0 aliphatic carbocycles. The Kier molecular flexibility index (Phi) is 5.86. The molecule has 2 aromatic carbocycles. The van der Waals surface area contributed by atoms with Gasteiger partial charge in [-0.3, -0.25) is 4.79 Å². The third-order valence-electron chi connectivity index (χ3n) is 4.97. The molecule has 5 nitrogen and oxygen atoms in total. The number of benzene rings is 2. The topological polar surface area (TPSA) is 45.7 Å². The first-order valence-electron chi connectivity index (χ1n) is 9.39. The zero-order valence-electron chi connectivity index (χ0n) is 16.2. The first-order valence-corrected chi connectivity index (χ1v) is 11.0. The summed E-state index contributed by atoms with van der Waals surface area (Å²) in [5.41, 5.74) is 3.53. The maximum atomic E-state index is 12.5. The fourth-order valence-corrected chi connectivity index (χ4v) is 5.12. The van der Waals surface area contributed by atoms with Crippen LogP contribution in [0.1, 0.15) is 11.1 Å². The summed E-state index contributed by atoms with van der Waals surface area (Å²) in [4.78, 5) is 21.4. The molecule has 1 aromatic heterocycles. The number of piperazine rings is 1. The summed E-state index contributed by atoms with van der Waals surface area (Å²) in [5, 5.41) is 1.95. The van der Waals surface area contributed by atoms with Gasteiger partial charge in [-0.05, 0) is 49.2 Å². The Balaban J connectivity index is 1.35. The lowest BCUT2D eigenvalue weighted by Gasteiger charge is -2.34. The van der Waals surface area contributed by atoms with Crippen LogP contribution < -0.4 is 9.64 Å². The molecule has 0 atom stereocenters. The highest BCUT2D eigenvalue weighted by molar-refractivity contribution is 7.22. The van der Waals surface area contributed by atoms with Crippen molar-refractivity contribution in [1.82, 2.24) is 9.88 Å². The molecule has 1 aliphatic heterocycles. The summed E-state index contributed by atoms with van der Waals surface area (Å²) in [5.74, 6) is 0.412. The van der Waals surface area contributed by atoms with E-state index < -0.39 is 0 Å². The van der Waals surface area contributed by atoms with Gasteiger partial charge in [0.1, 0.15) is 5.75 Å². The van der Waals surface area contributed by atoms with E-state index in [1.807, 2.05) is 4.90 Å². The molecule has 0 bridgehead atoms. The van der Waals surface area contributed by atoms with Gasteiger partial charge < -0.3 is 14.5 Å². The monoisotopic (exact) mass is 449 g/mol.